The number of benzene rings is 1. The molecule has 0 radical (unpaired) electrons. The van der Waals surface area contributed by atoms with E-state index >= 15 is 0 Å². The fraction of sp³-hybridized carbons (Fsp3) is 0.667. The molecule has 0 fully saturated rings. The second-order valence-electron chi connectivity index (χ2n) is 9.20. The van der Waals surface area contributed by atoms with Crippen LogP contribution in [0.3, 0.4) is 0 Å². The van der Waals surface area contributed by atoms with Gasteiger partial charge in [-0.3, -0.25) is 19.7 Å². The minimum atomic E-state index is -2.56. The lowest BCUT2D eigenvalue weighted by atomic mass is 9.74. The molecule has 0 aromatic heterocycles. The zero-order valence-electron chi connectivity index (χ0n) is 20.7. The first-order valence-electron chi connectivity index (χ1n) is 11.5. The van der Waals surface area contributed by atoms with Crippen LogP contribution in [-0.2, 0) is 24.3 Å². The van der Waals surface area contributed by atoms with Crippen LogP contribution in [0.15, 0.2) is 30.3 Å². The van der Waals surface area contributed by atoms with E-state index in [0.29, 0.717) is 5.56 Å². The van der Waals surface area contributed by atoms with Crippen LogP contribution in [0.25, 0.3) is 0 Å². The fourth-order valence-electron chi connectivity index (χ4n) is 5.19. The van der Waals surface area contributed by atoms with Crippen molar-refractivity contribution < 1.29 is 23.7 Å². The van der Waals surface area contributed by atoms with Crippen molar-refractivity contribution in [3.05, 3.63) is 46.0 Å². The maximum absolute atomic E-state index is 13.3. The van der Waals surface area contributed by atoms with E-state index in [1.54, 1.807) is 44.2 Å². The molecule has 0 spiro atoms. The van der Waals surface area contributed by atoms with E-state index in [0.717, 1.165) is 0 Å². The summed E-state index contributed by atoms with van der Waals surface area (Å²) in [7, 11) is -2.56. The highest BCUT2D eigenvalue weighted by Gasteiger charge is 2.57. The van der Waals surface area contributed by atoms with E-state index in [1.807, 2.05) is 0 Å². The van der Waals surface area contributed by atoms with Gasteiger partial charge in [0.15, 0.2) is 0 Å². The lowest BCUT2D eigenvalue weighted by molar-refractivity contribution is -0.589. The molecule has 0 aliphatic rings. The van der Waals surface area contributed by atoms with Crippen LogP contribution in [0.1, 0.15) is 73.8 Å². The molecule has 0 saturated carbocycles. The van der Waals surface area contributed by atoms with E-state index in [1.165, 1.54) is 0 Å². The largest absolute Gasteiger partial charge is 0.518 e. The Kier molecular flexibility index (Phi) is 10.1. The summed E-state index contributed by atoms with van der Waals surface area (Å²) in [5.74, 6) is -2.62. The average Bonchev–Trinajstić information content (AvgIpc) is 2.72. The third kappa shape index (κ3) is 5.39. The first-order valence-corrected chi connectivity index (χ1v) is 13.6. The normalized spacial score (nSPS) is 14.8. The zero-order valence-corrected chi connectivity index (χ0v) is 21.7. The summed E-state index contributed by atoms with van der Waals surface area (Å²) in [5.41, 5.74) is -0.933. The van der Waals surface area contributed by atoms with Crippen molar-refractivity contribution in [2.45, 2.75) is 90.4 Å². The summed E-state index contributed by atoms with van der Waals surface area (Å²) in [5, 5.41) is 12.4. The van der Waals surface area contributed by atoms with Crippen LogP contribution in [0.2, 0.25) is 16.6 Å². The predicted molar refractivity (Wildman–Crippen MR) is 127 cm³/mol. The molecule has 0 unspecified atom stereocenters. The number of nitrogens with zero attached hydrogens (tertiary/aromatic N) is 1. The summed E-state index contributed by atoms with van der Waals surface area (Å²) < 4.78 is 11.4. The summed E-state index contributed by atoms with van der Waals surface area (Å²) in [6.07, 6.45) is -0.370. The van der Waals surface area contributed by atoms with Crippen LogP contribution in [0.4, 0.5) is 0 Å². The van der Waals surface area contributed by atoms with E-state index in [-0.39, 0.29) is 29.7 Å². The summed E-state index contributed by atoms with van der Waals surface area (Å²) in [6, 6.07) is 8.39. The van der Waals surface area contributed by atoms with E-state index < -0.39 is 43.1 Å². The Balaban J connectivity index is 3.51. The molecule has 0 amide bonds. The second-order valence-corrected chi connectivity index (χ2v) is 14.6. The number of carbonyl (C=O) groups is 2. The molecule has 0 N–H and O–H groups in total. The monoisotopic (exact) mass is 465 g/mol. The highest BCUT2D eigenvalue weighted by molar-refractivity contribution is 6.78. The molecule has 0 bridgehead atoms. The molecular weight excluding hydrogens is 426 g/mol. The summed E-state index contributed by atoms with van der Waals surface area (Å²) in [6.45, 7) is 15.7. The average molecular weight is 466 g/mol. The van der Waals surface area contributed by atoms with Crippen molar-refractivity contribution in [3.8, 4) is 0 Å². The van der Waals surface area contributed by atoms with Gasteiger partial charge in [0.1, 0.15) is 5.92 Å². The van der Waals surface area contributed by atoms with Gasteiger partial charge in [0.25, 0.3) is 19.8 Å². The number of hydrogen-bond donors (Lipinski definition) is 0. The summed E-state index contributed by atoms with van der Waals surface area (Å²) >= 11 is 0. The molecule has 0 saturated heterocycles. The van der Waals surface area contributed by atoms with Gasteiger partial charge in [-0.05, 0) is 23.5 Å². The van der Waals surface area contributed by atoms with Crippen molar-refractivity contribution in [2.75, 3.05) is 6.61 Å². The van der Waals surface area contributed by atoms with Crippen LogP contribution < -0.4 is 0 Å². The lowest BCUT2D eigenvalue weighted by Crippen LogP contribution is -2.51. The maximum atomic E-state index is 13.3. The number of esters is 1. The van der Waals surface area contributed by atoms with Gasteiger partial charge in [-0.2, -0.15) is 0 Å². The van der Waals surface area contributed by atoms with Gasteiger partial charge in [-0.1, -0.05) is 78.8 Å². The Labute approximate surface area is 193 Å². The Hall–Kier alpha value is -2.22. The molecule has 1 rings (SSSR count). The number of ether oxygens (including phenoxy) is 1. The molecule has 0 heterocycles. The van der Waals surface area contributed by atoms with Crippen LogP contribution in [0.5, 0.6) is 0 Å². The standard InChI is InChI=1S/C24H39NO6Si/c1-9-24(25(28)29,20-14-12-11-13-15-20)21(23(27)30-10-2)16-22(26)31-32(17(3)4,18(5)6)19(7)8/h11-15,17-19,21H,9-10,16H2,1-8H3/t21-,24-/m1/s1. The van der Waals surface area contributed by atoms with Crippen LogP contribution in [-0.4, -0.2) is 31.8 Å². The minimum absolute atomic E-state index is 0.0297. The smallest absolute Gasteiger partial charge is 0.317 e. The van der Waals surface area contributed by atoms with Crippen molar-refractivity contribution >= 4 is 20.3 Å². The Morgan fingerprint density at radius 3 is 1.88 bits per heavy atom. The number of hydrogen-bond acceptors (Lipinski definition) is 6. The van der Waals surface area contributed by atoms with Crippen LogP contribution in [0, 0.1) is 16.0 Å². The van der Waals surface area contributed by atoms with E-state index in [2.05, 4.69) is 41.5 Å². The van der Waals surface area contributed by atoms with Crippen molar-refractivity contribution in [2.24, 2.45) is 5.92 Å². The number of rotatable bonds is 12. The van der Waals surface area contributed by atoms with E-state index in [9.17, 15) is 19.7 Å². The van der Waals surface area contributed by atoms with Gasteiger partial charge >= 0.3 is 5.97 Å². The maximum Gasteiger partial charge on any atom is 0.317 e. The van der Waals surface area contributed by atoms with Gasteiger partial charge in [-0.15, -0.1) is 0 Å². The van der Waals surface area contributed by atoms with Gasteiger partial charge in [0.2, 0.25) is 0 Å². The topological polar surface area (TPSA) is 95.7 Å². The first kappa shape index (κ1) is 27.8. The fourth-order valence-corrected chi connectivity index (χ4v) is 10.4. The highest BCUT2D eigenvalue weighted by Crippen LogP contribution is 2.44. The van der Waals surface area contributed by atoms with Crippen molar-refractivity contribution in [3.63, 3.8) is 0 Å². The zero-order chi connectivity index (χ0) is 24.7. The first-order chi connectivity index (χ1) is 14.9. The number of nitro groups is 1. The molecule has 1 aromatic carbocycles. The molecule has 8 heteroatoms. The third-order valence-corrected chi connectivity index (χ3v) is 12.7. The van der Waals surface area contributed by atoms with Gasteiger partial charge in [0.05, 0.1) is 13.0 Å². The van der Waals surface area contributed by atoms with Gasteiger partial charge in [0, 0.05) is 16.9 Å². The minimum Gasteiger partial charge on any atom is -0.518 e. The molecule has 2 atom stereocenters. The van der Waals surface area contributed by atoms with Crippen molar-refractivity contribution in [1.29, 1.82) is 0 Å². The molecular formula is C24H39NO6Si. The highest BCUT2D eigenvalue weighted by atomic mass is 28.4. The summed E-state index contributed by atoms with van der Waals surface area (Å²) in [4.78, 5) is 38.3. The van der Waals surface area contributed by atoms with Gasteiger partial charge in [-0.25, -0.2) is 0 Å². The second kappa shape index (κ2) is 11.6. The molecule has 0 aliphatic carbocycles. The Morgan fingerprint density at radius 2 is 1.50 bits per heavy atom. The SMILES string of the molecule is CCOC(=O)[C@@H](CC(=O)O[Si](C(C)C)(C(C)C)C(C)C)[C@@](CC)(c1ccccc1)[N+](=O)[O-]. The quantitative estimate of drug-likeness (QED) is 0.166. The molecule has 7 nitrogen and oxygen atoms in total. The van der Waals surface area contributed by atoms with E-state index in [4.69, 9.17) is 9.16 Å². The van der Waals surface area contributed by atoms with Crippen LogP contribution >= 0.6 is 0 Å². The molecule has 1 aromatic rings. The van der Waals surface area contributed by atoms with Crippen molar-refractivity contribution in [1.82, 2.24) is 0 Å². The molecule has 180 valence electrons. The lowest BCUT2D eigenvalue weighted by Gasteiger charge is -2.41. The Bertz CT molecular complexity index is 758. The molecule has 0 aliphatic heterocycles. The Morgan fingerprint density at radius 1 is 1.00 bits per heavy atom. The molecule has 32 heavy (non-hydrogen) atoms. The van der Waals surface area contributed by atoms with Gasteiger partial charge < -0.3 is 9.16 Å². The number of carbonyl (C=O) groups excluding carboxylic acids is 2. The third-order valence-electron chi connectivity index (χ3n) is 6.65. The predicted octanol–water partition coefficient (Wildman–Crippen LogP) is 5.86.